The lowest BCUT2D eigenvalue weighted by Gasteiger charge is -2.04. The van der Waals surface area contributed by atoms with Gasteiger partial charge in [0.15, 0.2) is 0 Å². The molecule has 0 radical (unpaired) electrons. The van der Waals surface area contributed by atoms with Crippen LogP contribution in [0.3, 0.4) is 0 Å². The molecule has 0 aliphatic rings. The summed E-state index contributed by atoms with van der Waals surface area (Å²) in [7, 11) is 0. The maximum Gasteiger partial charge on any atom is 0.256 e. The lowest BCUT2D eigenvalue weighted by atomic mass is 10.1. The number of hydrogen-bond donors (Lipinski definition) is 1. The van der Waals surface area contributed by atoms with Crippen molar-refractivity contribution in [3.05, 3.63) is 46.4 Å². The lowest BCUT2D eigenvalue weighted by molar-refractivity contribution is 1.24. The number of benzene rings is 1. The number of nitrogens with zero attached hydrogens (tertiary/aromatic N) is 1. The number of fused-ring (bicyclic) bond motifs is 1. The number of aliphatic imine (C=N–C) groups is 1. The van der Waals surface area contributed by atoms with Gasteiger partial charge in [-0.25, -0.2) is 0 Å². The Morgan fingerprint density at radius 2 is 2.00 bits per heavy atom. The van der Waals surface area contributed by atoms with Gasteiger partial charge in [-0.2, -0.15) is 0 Å². The van der Waals surface area contributed by atoms with Crippen molar-refractivity contribution in [3.8, 4) is 0 Å². The van der Waals surface area contributed by atoms with Crippen LogP contribution in [0.1, 0.15) is 12.6 Å². The monoisotopic (exact) mass is 212 g/mol. The predicted octanol–water partition coefficient (Wildman–Crippen LogP) is 2.89. The molecule has 0 atom stereocenters. The molecule has 1 N–H and O–H groups in total. The van der Waals surface area contributed by atoms with Gasteiger partial charge in [-0.15, -0.1) is 0 Å². The molecule has 0 bridgehead atoms. The van der Waals surface area contributed by atoms with Crippen LogP contribution in [0.5, 0.6) is 0 Å². The molecule has 0 saturated heterocycles. The van der Waals surface area contributed by atoms with Gasteiger partial charge in [0.25, 0.3) is 5.56 Å². The largest absolute Gasteiger partial charge is 0.320 e. The maximum atomic E-state index is 11.8. The van der Waals surface area contributed by atoms with E-state index in [1.165, 1.54) is 0 Å². The van der Waals surface area contributed by atoms with Crippen LogP contribution in [0.2, 0.25) is 0 Å². The lowest BCUT2D eigenvalue weighted by Crippen LogP contribution is -2.07. The zero-order chi connectivity index (χ0) is 11.5. The van der Waals surface area contributed by atoms with E-state index in [0.717, 1.165) is 5.39 Å². The van der Waals surface area contributed by atoms with E-state index >= 15 is 0 Å². The quantitative estimate of drug-likeness (QED) is 0.764. The molecular weight excluding hydrogens is 200 g/mol. The fraction of sp³-hybridized carbons (Fsp3) is 0.0769. The van der Waals surface area contributed by atoms with Crippen molar-refractivity contribution >= 4 is 29.3 Å². The highest BCUT2D eigenvalue weighted by Gasteiger charge is 2.07. The molecule has 0 fully saturated rings. The first-order valence-electron chi connectivity index (χ1n) is 5.02. The topological polar surface area (TPSA) is 45.2 Å². The molecule has 3 nitrogen and oxygen atoms in total. The Balaban J connectivity index is 2.95. The van der Waals surface area contributed by atoms with Crippen LogP contribution in [0.15, 0.2) is 40.1 Å². The molecule has 80 valence electrons. The van der Waals surface area contributed by atoms with E-state index in [1.54, 1.807) is 6.07 Å². The van der Waals surface area contributed by atoms with Gasteiger partial charge < -0.3 is 4.98 Å². The fourth-order valence-corrected chi connectivity index (χ4v) is 1.74. The van der Waals surface area contributed by atoms with Crippen LogP contribution in [0, 0.1) is 0 Å². The van der Waals surface area contributed by atoms with Gasteiger partial charge in [0.2, 0.25) is 0 Å². The molecule has 1 aromatic carbocycles. The van der Waals surface area contributed by atoms with Crippen LogP contribution < -0.4 is 5.56 Å². The molecule has 0 unspecified atom stereocenters. The van der Waals surface area contributed by atoms with Crippen LogP contribution in [0.25, 0.3) is 16.8 Å². The molecular formula is C13H12N2O. The van der Waals surface area contributed by atoms with E-state index in [-0.39, 0.29) is 5.56 Å². The molecule has 0 spiro atoms. The van der Waals surface area contributed by atoms with E-state index in [4.69, 9.17) is 0 Å². The molecule has 0 aliphatic heterocycles. The van der Waals surface area contributed by atoms with Crippen LogP contribution in [-0.4, -0.2) is 11.7 Å². The minimum absolute atomic E-state index is 0.101. The van der Waals surface area contributed by atoms with Crippen LogP contribution in [-0.2, 0) is 0 Å². The van der Waals surface area contributed by atoms with Crippen molar-refractivity contribution in [1.82, 2.24) is 4.98 Å². The number of hydrogen-bond acceptors (Lipinski definition) is 2. The standard InChI is InChI=1S/C13H12N2O/c1-3-6-11-12(14-2)9-7-4-5-8-10(9)13(16)15-11/h3-8H,2H2,1H3,(H,15,16)/b6-3-. The second-order valence-corrected chi connectivity index (χ2v) is 3.42. The summed E-state index contributed by atoms with van der Waals surface area (Å²) in [4.78, 5) is 18.6. The fourth-order valence-electron chi connectivity index (χ4n) is 1.74. The summed E-state index contributed by atoms with van der Waals surface area (Å²) in [5, 5.41) is 1.47. The Hall–Kier alpha value is -2.16. The van der Waals surface area contributed by atoms with Crippen molar-refractivity contribution in [1.29, 1.82) is 0 Å². The van der Waals surface area contributed by atoms with E-state index in [9.17, 15) is 4.79 Å². The van der Waals surface area contributed by atoms with Crippen LogP contribution >= 0.6 is 0 Å². The first kappa shape index (κ1) is 10.4. The smallest absolute Gasteiger partial charge is 0.256 e. The van der Waals surface area contributed by atoms with E-state index < -0.39 is 0 Å². The molecule has 2 aromatic rings. The van der Waals surface area contributed by atoms with Gasteiger partial charge in [-0.3, -0.25) is 9.79 Å². The van der Waals surface area contributed by atoms with Crippen molar-refractivity contribution in [3.63, 3.8) is 0 Å². The zero-order valence-corrected chi connectivity index (χ0v) is 9.03. The third kappa shape index (κ3) is 1.56. The summed E-state index contributed by atoms with van der Waals surface area (Å²) in [6, 6.07) is 7.37. The maximum absolute atomic E-state index is 11.8. The Kier molecular flexibility index (Phi) is 2.68. The molecule has 3 heteroatoms. The number of H-pyrrole nitrogens is 1. The zero-order valence-electron chi connectivity index (χ0n) is 9.03. The van der Waals surface area contributed by atoms with Gasteiger partial charge in [0.05, 0.1) is 11.4 Å². The second kappa shape index (κ2) is 4.14. The van der Waals surface area contributed by atoms with Crippen molar-refractivity contribution in [2.24, 2.45) is 4.99 Å². The normalized spacial score (nSPS) is 11.1. The number of aromatic amines is 1. The molecule has 0 saturated carbocycles. The SMILES string of the molecule is C=Nc1c(/C=C\C)[nH]c(=O)c2ccccc12. The Morgan fingerprint density at radius 3 is 2.62 bits per heavy atom. The van der Waals surface area contributed by atoms with Gasteiger partial charge in [0, 0.05) is 10.8 Å². The van der Waals surface area contributed by atoms with Gasteiger partial charge in [-0.05, 0) is 25.8 Å². The summed E-state index contributed by atoms with van der Waals surface area (Å²) in [6.07, 6.45) is 3.67. The molecule has 0 aliphatic carbocycles. The Morgan fingerprint density at radius 1 is 1.31 bits per heavy atom. The van der Waals surface area contributed by atoms with E-state index in [0.29, 0.717) is 16.8 Å². The third-order valence-electron chi connectivity index (χ3n) is 2.42. The van der Waals surface area contributed by atoms with Crippen molar-refractivity contribution in [2.75, 3.05) is 0 Å². The third-order valence-corrected chi connectivity index (χ3v) is 2.42. The van der Waals surface area contributed by atoms with Gasteiger partial charge in [-0.1, -0.05) is 24.3 Å². The van der Waals surface area contributed by atoms with Gasteiger partial charge in [0.1, 0.15) is 0 Å². The number of aromatic nitrogens is 1. The highest BCUT2D eigenvalue weighted by molar-refractivity contribution is 5.95. The minimum atomic E-state index is -0.101. The van der Waals surface area contributed by atoms with E-state index in [2.05, 4.69) is 16.7 Å². The Labute approximate surface area is 93.2 Å². The Bertz CT molecular complexity index is 623. The molecule has 16 heavy (non-hydrogen) atoms. The first-order valence-corrected chi connectivity index (χ1v) is 5.02. The summed E-state index contributed by atoms with van der Waals surface area (Å²) in [6.45, 7) is 5.44. The average Bonchev–Trinajstić information content (AvgIpc) is 2.30. The van der Waals surface area contributed by atoms with Gasteiger partial charge >= 0.3 is 0 Å². The van der Waals surface area contributed by atoms with Crippen molar-refractivity contribution < 1.29 is 0 Å². The molecule has 0 amide bonds. The minimum Gasteiger partial charge on any atom is -0.320 e. The number of pyridine rings is 1. The molecule has 1 heterocycles. The summed E-state index contributed by atoms with van der Waals surface area (Å²) in [5.74, 6) is 0. The molecule has 1 aromatic heterocycles. The number of allylic oxidation sites excluding steroid dienone is 1. The summed E-state index contributed by atoms with van der Waals surface area (Å²) >= 11 is 0. The molecule has 2 rings (SSSR count). The van der Waals surface area contributed by atoms with Crippen molar-refractivity contribution in [2.45, 2.75) is 6.92 Å². The summed E-state index contributed by atoms with van der Waals surface area (Å²) in [5.41, 5.74) is 1.31. The predicted molar refractivity (Wildman–Crippen MR) is 68.5 cm³/mol. The highest BCUT2D eigenvalue weighted by Crippen LogP contribution is 2.26. The highest BCUT2D eigenvalue weighted by atomic mass is 16.1. The summed E-state index contributed by atoms with van der Waals surface area (Å²) < 4.78 is 0. The second-order valence-electron chi connectivity index (χ2n) is 3.42. The van der Waals surface area contributed by atoms with Crippen LogP contribution in [0.4, 0.5) is 5.69 Å². The number of nitrogens with one attached hydrogen (secondary N) is 1. The first-order chi connectivity index (χ1) is 7.77. The number of rotatable bonds is 2. The van der Waals surface area contributed by atoms with E-state index in [1.807, 2.05) is 37.3 Å². The average molecular weight is 212 g/mol.